The number of hydrogen-bond donors (Lipinski definition) is 1. The maximum Gasteiger partial charge on any atom is 0.239 e. The second kappa shape index (κ2) is 6.73. The van der Waals surface area contributed by atoms with Crippen LogP contribution in [-0.2, 0) is 9.59 Å². The summed E-state index contributed by atoms with van der Waals surface area (Å²) in [7, 11) is 0. The fourth-order valence-corrected chi connectivity index (χ4v) is 2.64. The van der Waals surface area contributed by atoms with E-state index in [1.165, 1.54) is 0 Å². The minimum Gasteiger partial charge on any atom is -0.550 e. The number of benzene rings is 1. The first-order valence-corrected chi connectivity index (χ1v) is 7.27. The van der Waals surface area contributed by atoms with Gasteiger partial charge in [0.05, 0.1) is 11.0 Å². The first-order valence-electron chi connectivity index (χ1n) is 6.01. The average Bonchev–Trinajstić information content (AvgIpc) is 2.77. The first-order chi connectivity index (χ1) is 9.95. The molecule has 6 nitrogen and oxygen atoms in total. The van der Waals surface area contributed by atoms with E-state index < -0.39 is 17.1 Å². The van der Waals surface area contributed by atoms with E-state index in [2.05, 4.69) is 15.5 Å². The molecule has 1 fully saturated rings. The summed E-state index contributed by atoms with van der Waals surface area (Å²) in [4.78, 5) is 22.0. The molecule has 1 amide bonds. The number of aliphatic carboxylic acids is 1. The highest BCUT2D eigenvalue weighted by molar-refractivity contribution is 8.15. The Morgan fingerprint density at radius 2 is 2.10 bits per heavy atom. The lowest BCUT2D eigenvalue weighted by molar-refractivity contribution is -0.305. The Morgan fingerprint density at radius 3 is 2.71 bits per heavy atom. The molecule has 1 heterocycles. The van der Waals surface area contributed by atoms with Gasteiger partial charge < -0.3 is 15.2 Å². The standard InChI is InChI=1S/C13H12ClN3O3S/c1-7(8-2-4-9(14)5-3-8)16-17-13-15-12(20)10(21-13)6-11(18)19/h2-5,10H,6H2,1H3,(H,18,19)(H,15,17,20)/p-1/b16-7+. The Bertz CT molecular complexity index is 628. The van der Waals surface area contributed by atoms with Gasteiger partial charge in [0.25, 0.3) is 0 Å². The molecule has 0 aromatic heterocycles. The van der Waals surface area contributed by atoms with Crippen molar-refractivity contribution >= 4 is 46.1 Å². The number of rotatable bonds is 4. The molecule has 1 N–H and O–H groups in total. The molecule has 0 bridgehead atoms. The predicted molar refractivity (Wildman–Crippen MR) is 80.2 cm³/mol. The summed E-state index contributed by atoms with van der Waals surface area (Å²) in [5, 5.41) is 21.1. The van der Waals surface area contributed by atoms with E-state index in [1.54, 1.807) is 31.2 Å². The van der Waals surface area contributed by atoms with Crippen LogP contribution >= 0.6 is 23.4 Å². The molecule has 0 radical (unpaired) electrons. The summed E-state index contributed by atoms with van der Waals surface area (Å²) in [6, 6.07) is 7.09. The van der Waals surface area contributed by atoms with Crippen molar-refractivity contribution in [3.63, 3.8) is 0 Å². The van der Waals surface area contributed by atoms with Crippen LogP contribution in [0.1, 0.15) is 18.9 Å². The van der Waals surface area contributed by atoms with Gasteiger partial charge in [0.1, 0.15) is 0 Å². The normalized spacial score (nSPS) is 20.7. The molecule has 0 aliphatic carbocycles. The van der Waals surface area contributed by atoms with Gasteiger partial charge in [-0.25, -0.2) is 0 Å². The second-order valence-electron chi connectivity index (χ2n) is 4.27. The smallest absolute Gasteiger partial charge is 0.239 e. The molecule has 1 unspecified atom stereocenters. The number of carbonyl (C=O) groups is 2. The number of nitrogens with one attached hydrogen (secondary N) is 1. The molecule has 110 valence electrons. The van der Waals surface area contributed by atoms with Gasteiger partial charge in [-0.05, 0) is 24.6 Å². The summed E-state index contributed by atoms with van der Waals surface area (Å²) < 4.78 is 0. The van der Waals surface area contributed by atoms with Crippen LogP contribution in [0.3, 0.4) is 0 Å². The molecule has 1 aliphatic heterocycles. The summed E-state index contributed by atoms with van der Waals surface area (Å²) in [5.74, 6) is -1.67. The quantitative estimate of drug-likeness (QED) is 0.654. The Kier molecular flexibility index (Phi) is 4.98. The molecule has 21 heavy (non-hydrogen) atoms. The van der Waals surface area contributed by atoms with Crippen molar-refractivity contribution in [2.75, 3.05) is 0 Å². The van der Waals surface area contributed by atoms with E-state index in [-0.39, 0.29) is 11.6 Å². The van der Waals surface area contributed by atoms with Crippen molar-refractivity contribution < 1.29 is 14.7 Å². The van der Waals surface area contributed by atoms with Crippen LogP contribution in [0.25, 0.3) is 0 Å². The molecule has 8 heteroatoms. The van der Waals surface area contributed by atoms with E-state index in [1.807, 2.05) is 0 Å². The number of hydrogen-bond acceptors (Lipinski definition) is 6. The highest BCUT2D eigenvalue weighted by Gasteiger charge is 2.30. The van der Waals surface area contributed by atoms with Crippen molar-refractivity contribution in [1.82, 2.24) is 5.32 Å². The number of amidine groups is 1. The van der Waals surface area contributed by atoms with Crippen LogP contribution in [0.2, 0.25) is 5.02 Å². The monoisotopic (exact) mass is 324 g/mol. The number of carboxylic acid groups (broad SMARTS) is 1. The minimum atomic E-state index is -1.27. The third-order valence-corrected chi connectivity index (χ3v) is 4.01. The van der Waals surface area contributed by atoms with Crippen LogP contribution < -0.4 is 10.4 Å². The predicted octanol–water partition coefficient (Wildman–Crippen LogP) is 0.792. The van der Waals surface area contributed by atoms with Crippen molar-refractivity contribution in [1.29, 1.82) is 0 Å². The Labute approximate surface area is 130 Å². The zero-order valence-corrected chi connectivity index (χ0v) is 12.6. The highest BCUT2D eigenvalue weighted by Crippen LogP contribution is 2.22. The van der Waals surface area contributed by atoms with Crippen molar-refractivity contribution in [3.05, 3.63) is 34.9 Å². The number of nitrogens with zero attached hydrogens (tertiary/aromatic N) is 2. The van der Waals surface area contributed by atoms with Gasteiger partial charge in [-0.3, -0.25) is 4.79 Å². The SMILES string of the molecule is C/C(=N\N=C1/NC(=O)C(CC(=O)[O-])S1)c1ccc(Cl)cc1. The summed E-state index contributed by atoms with van der Waals surface area (Å²) >= 11 is 6.83. The maximum absolute atomic E-state index is 11.5. The lowest BCUT2D eigenvalue weighted by atomic mass is 10.1. The third-order valence-electron chi connectivity index (χ3n) is 2.68. The fourth-order valence-electron chi connectivity index (χ4n) is 1.61. The van der Waals surface area contributed by atoms with Crippen molar-refractivity contribution in [3.8, 4) is 0 Å². The highest BCUT2D eigenvalue weighted by atomic mass is 35.5. The van der Waals surface area contributed by atoms with E-state index in [4.69, 9.17) is 11.6 Å². The fraction of sp³-hybridized carbons (Fsp3) is 0.231. The molecular formula is C13H11ClN3O3S-. The molecular weight excluding hydrogens is 314 g/mol. The number of halogens is 1. The number of carboxylic acids is 1. The van der Waals surface area contributed by atoms with Crippen LogP contribution in [0.5, 0.6) is 0 Å². The van der Waals surface area contributed by atoms with E-state index in [0.717, 1.165) is 17.3 Å². The summed E-state index contributed by atoms with van der Waals surface area (Å²) in [6.07, 6.45) is -0.352. The molecule has 1 saturated heterocycles. The van der Waals surface area contributed by atoms with Crippen LogP contribution in [-0.4, -0.2) is 28.0 Å². The molecule has 1 atom stereocenters. The zero-order chi connectivity index (χ0) is 15.4. The summed E-state index contributed by atoms with van der Waals surface area (Å²) in [6.45, 7) is 1.77. The van der Waals surface area contributed by atoms with Crippen molar-refractivity contribution in [2.24, 2.45) is 10.2 Å². The van der Waals surface area contributed by atoms with Crippen LogP contribution in [0.4, 0.5) is 0 Å². The van der Waals surface area contributed by atoms with Gasteiger partial charge in [0.2, 0.25) is 5.91 Å². The minimum absolute atomic E-state index is 0.277. The van der Waals surface area contributed by atoms with E-state index >= 15 is 0 Å². The Balaban J connectivity index is 2.07. The molecule has 2 rings (SSSR count). The molecule has 0 saturated carbocycles. The largest absolute Gasteiger partial charge is 0.550 e. The Hall–Kier alpha value is -1.86. The van der Waals surface area contributed by atoms with Crippen LogP contribution in [0.15, 0.2) is 34.5 Å². The van der Waals surface area contributed by atoms with Gasteiger partial charge >= 0.3 is 0 Å². The Morgan fingerprint density at radius 1 is 1.43 bits per heavy atom. The van der Waals surface area contributed by atoms with Gasteiger partial charge in [-0.1, -0.05) is 35.5 Å². The molecule has 1 aliphatic rings. The third kappa shape index (κ3) is 4.30. The van der Waals surface area contributed by atoms with E-state index in [0.29, 0.717) is 10.7 Å². The average molecular weight is 325 g/mol. The number of carbonyl (C=O) groups excluding carboxylic acids is 2. The maximum atomic E-state index is 11.5. The van der Waals surface area contributed by atoms with Gasteiger partial charge in [-0.2, -0.15) is 5.10 Å². The second-order valence-corrected chi connectivity index (χ2v) is 5.90. The van der Waals surface area contributed by atoms with Gasteiger partial charge in [-0.15, -0.1) is 5.10 Å². The lowest BCUT2D eigenvalue weighted by Crippen LogP contribution is -2.31. The first kappa shape index (κ1) is 15.5. The van der Waals surface area contributed by atoms with Crippen molar-refractivity contribution in [2.45, 2.75) is 18.6 Å². The lowest BCUT2D eigenvalue weighted by Gasteiger charge is -2.04. The topological polar surface area (TPSA) is 94.0 Å². The molecule has 1 aromatic rings. The van der Waals surface area contributed by atoms with Gasteiger partial charge in [0.15, 0.2) is 5.17 Å². The number of amides is 1. The molecule has 0 spiro atoms. The zero-order valence-electron chi connectivity index (χ0n) is 11.0. The van der Waals surface area contributed by atoms with Gasteiger partial charge in [0, 0.05) is 17.4 Å². The summed E-state index contributed by atoms with van der Waals surface area (Å²) in [5.41, 5.74) is 1.50. The van der Waals surface area contributed by atoms with Crippen LogP contribution in [0, 0.1) is 0 Å². The number of thioether (sulfide) groups is 1. The molecule has 1 aromatic carbocycles. The van der Waals surface area contributed by atoms with E-state index in [9.17, 15) is 14.7 Å².